The summed E-state index contributed by atoms with van der Waals surface area (Å²) in [6, 6.07) is 4.11. The molecular formula is C15H18BrFN2O3. The van der Waals surface area contributed by atoms with Crippen molar-refractivity contribution in [3.8, 4) is 0 Å². The molecule has 1 fully saturated rings. The summed E-state index contributed by atoms with van der Waals surface area (Å²) in [7, 11) is 0. The number of nitrogens with one attached hydrogen (secondary N) is 1. The third-order valence-electron chi connectivity index (χ3n) is 3.14. The van der Waals surface area contributed by atoms with Crippen LogP contribution >= 0.6 is 15.9 Å². The van der Waals surface area contributed by atoms with Gasteiger partial charge in [0.15, 0.2) is 0 Å². The fourth-order valence-electron chi connectivity index (χ4n) is 2.29. The van der Waals surface area contributed by atoms with Crippen LogP contribution in [0.25, 0.3) is 0 Å². The van der Waals surface area contributed by atoms with E-state index in [9.17, 15) is 14.0 Å². The van der Waals surface area contributed by atoms with E-state index in [4.69, 9.17) is 4.74 Å². The van der Waals surface area contributed by atoms with E-state index in [0.717, 1.165) is 5.01 Å². The van der Waals surface area contributed by atoms with Gasteiger partial charge in [-0.25, -0.2) is 19.6 Å². The molecule has 0 saturated carbocycles. The number of halogens is 2. The van der Waals surface area contributed by atoms with Gasteiger partial charge in [-0.3, -0.25) is 4.79 Å². The average Bonchev–Trinajstić information content (AvgIpc) is 2.69. The lowest BCUT2D eigenvalue weighted by Crippen LogP contribution is -2.46. The normalized spacial score (nSPS) is 18.5. The minimum Gasteiger partial charge on any atom is -0.443 e. The van der Waals surface area contributed by atoms with Crippen molar-refractivity contribution in [3.05, 3.63) is 34.1 Å². The first kappa shape index (κ1) is 16.7. The molecule has 5 nitrogen and oxygen atoms in total. The van der Waals surface area contributed by atoms with Crippen LogP contribution in [0.3, 0.4) is 0 Å². The van der Waals surface area contributed by atoms with Gasteiger partial charge in [-0.15, -0.1) is 0 Å². The van der Waals surface area contributed by atoms with Crippen LogP contribution in [0.5, 0.6) is 0 Å². The van der Waals surface area contributed by atoms with Gasteiger partial charge in [-0.1, -0.05) is 22.0 Å². The predicted octanol–water partition coefficient (Wildman–Crippen LogP) is 3.69. The first-order chi connectivity index (χ1) is 10.2. The molecule has 120 valence electrons. The standard InChI is InChI=1S/C15H18BrFN2O3/c1-15(2,3)22-14(21)18-19-12(6-7-13(19)20)10-5-4-9(16)8-11(10)17/h4-5,8,12H,6-7H2,1-3H3,(H,18,21). The predicted molar refractivity (Wildman–Crippen MR) is 82.3 cm³/mol. The van der Waals surface area contributed by atoms with Crippen molar-refractivity contribution >= 4 is 27.9 Å². The molecule has 0 radical (unpaired) electrons. The molecule has 0 aromatic heterocycles. The molecule has 1 heterocycles. The summed E-state index contributed by atoms with van der Waals surface area (Å²) < 4.78 is 19.9. The zero-order chi connectivity index (χ0) is 16.5. The third kappa shape index (κ3) is 3.97. The monoisotopic (exact) mass is 372 g/mol. The summed E-state index contributed by atoms with van der Waals surface area (Å²) in [5.74, 6) is -0.691. The highest BCUT2D eigenvalue weighted by Gasteiger charge is 2.36. The first-order valence-corrected chi connectivity index (χ1v) is 7.73. The number of carbonyl (C=O) groups excluding carboxylic acids is 2. The van der Waals surface area contributed by atoms with Crippen LogP contribution in [0.2, 0.25) is 0 Å². The van der Waals surface area contributed by atoms with E-state index in [1.165, 1.54) is 6.07 Å². The van der Waals surface area contributed by atoms with Crippen LogP contribution in [-0.4, -0.2) is 22.6 Å². The maximum absolute atomic E-state index is 14.1. The van der Waals surface area contributed by atoms with Crippen molar-refractivity contribution in [1.82, 2.24) is 10.4 Å². The number of ether oxygens (including phenoxy) is 1. The smallest absolute Gasteiger partial charge is 0.426 e. The second-order valence-electron chi connectivity index (χ2n) is 6.10. The number of benzene rings is 1. The van der Waals surface area contributed by atoms with Gasteiger partial charge in [-0.05, 0) is 39.3 Å². The molecule has 1 aliphatic rings. The zero-order valence-electron chi connectivity index (χ0n) is 12.7. The molecule has 2 rings (SSSR count). The SMILES string of the molecule is CC(C)(C)OC(=O)NN1C(=O)CCC1c1ccc(Br)cc1F. The second kappa shape index (κ2) is 6.24. The Labute approximate surface area is 136 Å². The van der Waals surface area contributed by atoms with Gasteiger partial charge in [0.1, 0.15) is 11.4 Å². The van der Waals surface area contributed by atoms with Crippen molar-refractivity contribution in [2.24, 2.45) is 0 Å². The molecule has 0 aliphatic carbocycles. The molecule has 1 aliphatic heterocycles. The molecule has 22 heavy (non-hydrogen) atoms. The molecule has 0 bridgehead atoms. The Morgan fingerprint density at radius 2 is 2.14 bits per heavy atom. The summed E-state index contributed by atoms with van der Waals surface area (Å²) in [4.78, 5) is 23.8. The highest BCUT2D eigenvalue weighted by molar-refractivity contribution is 9.10. The lowest BCUT2D eigenvalue weighted by molar-refractivity contribution is -0.132. The van der Waals surface area contributed by atoms with Gasteiger partial charge in [-0.2, -0.15) is 0 Å². The van der Waals surface area contributed by atoms with E-state index in [-0.39, 0.29) is 12.3 Å². The van der Waals surface area contributed by atoms with Gasteiger partial charge in [0.2, 0.25) is 5.91 Å². The van der Waals surface area contributed by atoms with E-state index in [0.29, 0.717) is 16.5 Å². The van der Waals surface area contributed by atoms with E-state index in [1.807, 2.05) is 0 Å². The number of amides is 2. The molecule has 0 spiro atoms. The summed E-state index contributed by atoms with van der Waals surface area (Å²) >= 11 is 3.19. The zero-order valence-corrected chi connectivity index (χ0v) is 14.2. The van der Waals surface area contributed by atoms with Crippen molar-refractivity contribution in [1.29, 1.82) is 0 Å². The third-order valence-corrected chi connectivity index (χ3v) is 3.64. The van der Waals surface area contributed by atoms with E-state index in [2.05, 4.69) is 21.4 Å². The molecule has 1 aromatic rings. The van der Waals surface area contributed by atoms with E-state index in [1.54, 1.807) is 32.9 Å². The Kier molecular flexibility index (Phi) is 4.75. The van der Waals surface area contributed by atoms with Crippen LogP contribution in [-0.2, 0) is 9.53 Å². The maximum atomic E-state index is 14.1. The quantitative estimate of drug-likeness (QED) is 0.860. The van der Waals surface area contributed by atoms with E-state index >= 15 is 0 Å². The van der Waals surface area contributed by atoms with Crippen LogP contribution < -0.4 is 5.43 Å². The minimum absolute atomic E-state index is 0.246. The summed E-state index contributed by atoms with van der Waals surface area (Å²) in [6.45, 7) is 5.18. The average molecular weight is 373 g/mol. The van der Waals surface area contributed by atoms with Gasteiger partial charge in [0.05, 0.1) is 6.04 Å². The highest BCUT2D eigenvalue weighted by atomic mass is 79.9. The Balaban J connectivity index is 2.17. The van der Waals surface area contributed by atoms with Crippen LogP contribution in [0.4, 0.5) is 9.18 Å². The topological polar surface area (TPSA) is 58.6 Å². The van der Waals surface area contributed by atoms with Crippen molar-refractivity contribution in [3.63, 3.8) is 0 Å². The number of nitrogens with zero attached hydrogens (tertiary/aromatic N) is 1. The number of hydrogen-bond acceptors (Lipinski definition) is 3. The highest BCUT2D eigenvalue weighted by Crippen LogP contribution is 2.33. The molecule has 1 atom stereocenters. The maximum Gasteiger partial charge on any atom is 0.426 e. The molecule has 7 heteroatoms. The Hall–Kier alpha value is -1.63. The Morgan fingerprint density at radius 3 is 2.73 bits per heavy atom. The van der Waals surface area contributed by atoms with Gasteiger partial charge in [0, 0.05) is 16.5 Å². The van der Waals surface area contributed by atoms with Crippen molar-refractivity contribution < 1.29 is 18.7 Å². The lowest BCUT2D eigenvalue weighted by atomic mass is 10.0. The van der Waals surface area contributed by atoms with Gasteiger partial charge >= 0.3 is 6.09 Å². The first-order valence-electron chi connectivity index (χ1n) is 6.94. The van der Waals surface area contributed by atoms with Crippen LogP contribution in [0, 0.1) is 5.82 Å². The fraction of sp³-hybridized carbons (Fsp3) is 0.467. The molecule has 2 amide bonds. The molecule has 1 unspecified atom stereocenters. The molecular weight excluding hydrogens is 355 g/mol. The summed E-state index contributed by atoms with van der Waals surface area (Å²) in [5.41, 5.74) is 2.11. The fourth-order valence-corrected chi connectivity index (χ4v) is 2.62. The van der Waals surface area contributed by atoms with Gasteiger partial charge < -0.3 is 4.74 Å². The van der Waals surface area contributed by atoms with E-state index < -0.39 is 23.6 Å². The number of rotatable bonds is 2. The van der Waals surface area contributed by atoms with Crippen molar-refractivity contribution in [2.45, 2.75) is 45.3 Å². The lowest BCUT2D eigenvalue weighted by Gasteiger charge is -2.27. The minimum atomic E-state index is -0.731. The van der Waals surface area contributed by atoms with Crippen molar-refractivity contribution in [2.75, 3.05) is 0 Å². The molecule has 1 saturated heterocycles. The van der Waals surface area contributed by atoms with Gasteiger partial charge in [0.25, 0.3) is 0 Å². The number of hydrazine groups is 1. The largest absolute Gasteiger partial charge is 0.443 e. The second-order valence-corrected chi connectivity index (χ2v) is 7.01. The summed E-state index contributed by atoms with van der Waals surface area (Å²) in [6.07, 6.45) is -0.0475. The molecule has 1 aromatic carbocycles. The Bertz CT molecular complexity index is 601. The van der Waals surface area contributed by atoms with Crippen LogP contribution in [0.15, 0.2) is 22.7 Å². The molecule has 1 N–H and O–H groups in total. The van der Waals surface area contributed by atoms with Crippen LogP contribution in [0.1, 0.15) is 45.2 Å². The summed E-state index contributed by atoms with van der Waals surface area (Å²) in [5, 5.41) is 1.15. The number of carbonyl (C=O) groups is 2. The number of hydrogen-bond donors (Lipinski definition) is 1. The Morgan fingerprint density at radius 1 is 1.45 bits per heavy atom.